The molecule has 0 unspecified atom stereocenters. The van der Waals surface area contributed by atoms with Crippen LogP contribution < -0.4 is 4.74 Å². The highest BCUT2D eigenvalue weighted by molar-refractivity contribution is 7.09. The molecule has 6 heteroatoms. The zero-order valence-corrected chi connectivity index (χ0v) is 14.0. The lowest BCUT2D eigenvalue weighted by Gasteiger charge is -2.31. The Morgan fingerprint density at radius 3 is 3.22 bits per heavy atom. The van der Waals surface area contributed by atoms with Crippen molar-refractivity contribution in [3.05, 3.63) is 40.6 Å². The summed E-state index contributed by atoms with van der Waals surface area (Å²) in [7, 11) is 0. The molecule has 3 atom stereocenters. The summed E-state index contributed by atoms with van der Waals surface area (Å²) in [6.45, 7) is 4.64. The van der Waals surface area contributed by atoms with Gasteiger partial charge in [0.05, 0.1) is 16.9 Å². The predicted molar refractivity (Wildman–Crippen MR) is 88.7 cm³/mol. The number of rotatable bonds is 4. The van der Waals surface area contributed by atoms with E-state index in [4.69, 9.17) is 9.47 Å². The maximum absolute atomic E-state index is 6.17. The molecule has 2 fully saturated rings. The van der Waals surface area contributed by atoms with Gasteiger partial charge in [-0.15, -0.1) is 11.3 Å². The van der Waals surface area contributed by atoms with Gasteiger partial charge in [-0.1, -0.05) is 0 Å². The van der Waals surface area contributed by atoms with Crippen molar-refractivity contribution in [1.82, 2.24) is 14.9 Å². The predicted octanol–water partition coefficient (Wildman–Crippen LogP) is 2.66. The molecule has 0 saturated carbocycles. The van der Waals surface area contributed by atoms with Gasteiger partial charge in [-0.3, -0.25) is 9.88 Å². The summed E-state index contributed by atoms with van der Waals surface area (Å²) >= 11 is 1.71. The van der Waals surface area contributed by atoms with E-state index in [9.17, 15) is 0 Å². The van der Waals surface area contributed by atoms with E-state index in [0.29, 0.717) is 6.04 Å². The summed E-state index contributed by atoms with van der Waals surface area (Å²) in [5, 5.41) is 3.28. The van der Waals surface area contributed by atoms with Gasteiger partial charge in [0, 0.05) is 37.3 Å². The molecule has 23 heavy (non-hydrogen) atoms. The molecule has 4 rings (SSSR count). The van der Waals surface area contributed by atoms with Crippen molar-refractivity contribution in [3.8, 4) is 5.75 Å². The Balaban J connectivity index is 1.49. The molecule has 2 aliphatic rings. The lowest BCUT2D eigenvalue weighted by molar-refractivity contribution is -0.0472. The molecule has 2 saturated heterocycles. The van der Waals surface area contributed by atoms with Crippen LogP contribution in [-0.4, -0.2) is 46.3 Å². The molecule has 0 spiro atoms. The SMILES string of the molecule is Cc1nc(CN2C[C@@H](Oc3cccnc3)[C@H]3OCCC[C@H]32)cs1. The molecule has 0 aliphatic carbocycles. The highest BCUT2D eigenvalue weighted by Crippen LogP contribution is 2.32. The summed E-state index contributed by atoms with van der Waals surface area (Å²) in [6, 6.07) is 4.28. The molecule has 2 aliphatic heterocycles. The van der Waals surface area contributed by atoms with Gasteiger partial charge in [-0.05, 0) is 31.9 Å². The van der Waals surface area contributed by atoms with Crippen molar-refractivity contribution in [3.63, 3.8) is 0 Å². The number of fused-ring (bicyclic) bond motifs is 1. The summed E-state index contributed by atoms with van der Waals surface area (Å²) in [4.78, 5) is 11.2. The number of pyridine rings is 1. The Labute approximate surface area is 140 Å². The topological polar surface area (TPSA) is 47.5 Å². The van der Waals surface area contributed by atoms with Gasteiger partial charge in [-0.2, -0.15) is 0 Å². The number of hydrogen-bond acceptors (Lipinski definition) is 6. The number of thiazole rings is 1. The van der Waals surface area contributed by atoms with Crippen LogP contribution in [0.4, 0.5) is 0 Å². The van der Waals surface area contributed by atoms with Crippen LogP contribution in [0.2, 0.25) is 0 Å². The molecule has 4 heterocycles. The van der Waals surface area contributed by atoms with E-state index in [1.807, 2.05) is 12.1 Å². The van der Waals surface area contributed by atoms with E-state index in [1.165, 1.54) is 6.42 Å². The van der Waals surface area contributed by atoms with Crippen LogP contribution in [0.1, 0.15) is 23.5 Å². The Kier molecular flexibility index (Phi) is 4.29. The van der Waals surface area contributed by atoms with Crippen molar-refractivity contribution in [2.75, 3.05) is 13.2 Å². The van der Waals surface area contributed by atoms with Crippen LogP contribution in [-0.2, 0) is 11.3 Å². The highest BCUT2D eigenvalue weighted by Gasteiger charge is 2.45. The van der Waals surface area contributed by atoms with Crippen LogP contribution in [0.15, 0.2) is 29.9 Å². The van der Waals surface area contributed by atoms with Crippen LogP contribution >= 0.6 is 11.3 Å². The normalized spacial score (nSPS) is 27.8. The molecular formula is C17H21N3O2S. The highest BCUT2D eigenvalue weighted by atomic mass is 32.1. The zero-order valence-electron chi connectivity index (χ0n) is 13.2. The molecule has 122 valence electrons. The summed E-state index contributed by atoms with van der Waals surface area (Å²) < 4.78 is 12.2. The zero-order chi connectivity index (χ0) is 15.6. The molecule has 0 amide bonds. The Morgan fingerprint density at radius 1 is 1.48 bits per heavy atom. The standard InChI is InChI=1S/C17H21N3O2S/c1-12-19-13(11-23-12)9-20-10-16(17-15(20)5-3-7-21-17)22-14-4-2-6-18-8-14/h2,4,6,8,11,15-17H,3,5,7,9-10H2,1H3/t15-,16-,17+/m1/s1. The van der Waals surface area contributed by atoms with Crippen molar-refractivity contribution < 1.29 is 9.47 Å². The molecule has 2 aromatic heterocycles. The van der Waals surface area contributed by atoms with Crippen LogP contribution in [0.25, 0.3) is 0 Å². The van der Waals surface area contributed by atoms with Gasteiger partial charge in [0.25, 0.3) is 0 Å². The lowest BCUT2D eigenvalue weighted by atomic mass is 10.0. The van der Waals surface area contributed by atoms with Gasteiger partial charge in [-0.25, -0.2) is 4.98 Å². The van der Waals surface area contributed by atoms with E-state index < -0.39 is 0 Å². The fourth-order valence-corrected chi connectivity index (χ4v) is 4.17. The van der Waals surface area contributed by atoms with Crippen molar-refractivity contribution in [1.29, 1.82) is 0 Å². The van der Waals surface area contributed by atoms with E-state index in [-0.39, 0.29) is 12.2 Å². The fraction of sp³-hybridized carbons (Fsp3) is 0.529. The maximum atomic E-state index is 6.17. The lowest BCUT2D eigenvalue weighted by Crippen LogP contribution is -2.42. The summed E-state index contributed by atoms with van der Waals surface area (Å²) in [5.41, 5.74) is 1.15. The van der Waals surface area contributed by atoms with Gasteiger partial charge in [0.15, 0.2) is 0 Å². The number of ether oxygens (including phenoxy) is 2. The molecule has 0 aromatic carbocycles. The first kappa shape index (κ1) is 15.1. The molecule has 5 nitrogen and oxygen atoms in total. The second-order valence-electron chi connectivity index (χ2n) is 6.18. The van der Waals surface area contributed by atoms with E-state index in [2.05, 4.69) is 27.2 Å². The number of likely N-dealkylation sites (tertiary alicyclic amines) is 1. The molecule has 2 aromatic rings. The minimum atomic E-state index is 0.0595. The Hall–Kier alpha value is -1.50. The van der Waals surface area contributed by atoms with Crippen molar-refractivity contribution in [2.45, 2.75) is 44.6 Å². The largest absolute Gasteiger partial charge is 0.485 e. The first-order valence-corrected chi connectivity index (χ1v) is 9.01. The van der Waals surface area contributed by atoms with Crippen LogP contribution in [0, 0.1) is 6.92 Å². The quantitative estimate of drug-likeness (QED) is 0.862. The Bertz CT molecular complexity index is 648. The van der Waals surface area contributed by atoms with Gasteiger partial charge < -0.3 is 9.47 Å². The van der Waals surface area contributed by atoms with Crippen LogP contribution in [0.3, 0.4) is 0 Å². The van der Waals surface area contributed by atoms with E-state index in [1.54, 1.807) is 23.7 Å². The number of nitrogens with zero attached hydrogens (tertiary/aromatic N) is 3. The van der Waals surface area contributed by atoms with Crippen molar-refractivity contribution >= 4 is 11.3 Å². The second-order valence-corrected chi connectivity index (χ2v) is 7.24. The molecule has 0 radical (unpaired) electrons. The molecule has 0 N–H and O–H groups in total. The molecular weight excluding hydrogens is 310 g/mol. The minimum Gasteiger partial charge on any atom is -0.485 e. The Morgan fingerprint density at radius 2 is 2.43 bits per heavy atom. The average Bonchev–Trinajstić information content (AvgIpc) is 3.14. The third-order valence-corrected chi connectivity index (χ3v) is 5.36. The monoisotopic (exact) mass is 331 g/mol. The van der Waals surface area contributed by atoms with Gasteiger partial charge in [0.2, 0.25) is 0 Å². The second kappa shape index (κ2) is 6.55. The number of aromatic nitrogens is 2. The maximum Gasteiger partial charge on any atom is 0.139 e. The number of hydrogen-bond donors (Lipinski definition) is 0. The van der Waals surface area contributed by atoms with E-state index >= 15 is 0 Å². The first-order valence-electron chi connectivity index (χ1n) is 8.13. The minimum absolute atomic E-state index is 0.0595. The summed E-state index contributed by atoms with van der Waals surface area (Å²) in [6.07, 6.45) is 6.02. The summed E-state index contributed by atoms with van der Waals surface area (Å²) in [5.74, 6) is 0.816. The molecule has 0 bridgehead atoms. The average molecular weight is 331 g/mol. The van der Waals surface area contributed by atoms with Gasteiger partial charge >= 0.3 is 0 Å². The first-order chi connectivity index (χ1) is 11.3. The van der Waals surface area contributed by atoms with E-state index in [0.717, 1.165) is 42.6 Å². The smallest absolute Gasteiger partial charge is 0.139 e. The fourth-order valence-electron chi connectivity index (χ4n) is 3.57. The third-order valence-electron chi connectivity index (χ3n) is 4.54. The van der Waals surface area contributed by atoms with Crippen LogP contribution in [0.5, 0.6) is 5.75 Å². The van der Waals surface area contributed by atoms with Gasteiger partial charge in [0.1, 0.15) is 18.0 Å². The third kappa shape index (κ3) is 3.24. The van der Waals surface area contributed by atoms with Crippen molar-refractivity contribution in [2.24, 2.45) is 0 Å². The number of aryl methyl sites for hydroxylation is 1.